The Balaban J connectivity index is 1.19. The van der Waals surface area contributed by atoms with Gasteiger partial charge in [-0.3, -0.25) is 9.59 Å². The second kappa shape index (κ2) is 24.2. The highest BCUT2D eigenvalue weighted by atomic mass is 16.7. The maximum absolute atomic E-state index is 14.6. The standard InChI is InChI=1S/C54H58N2O9/c1-39(55-53(58)49(46-27-17-8-18-28-46)56(40(2)57)33-41-29-31-47(59-3)32-30-41)64-54-52(63-37-45-25-15-7-16-26-45)51(62-36-44-23-13-6-14-24-44)50(61-35-43-21-11-5-12-22-43)48(65-54)38-60-34-42-19-9-4-10-20-42/h4-32,39,48-52,54H,33-38H2,1-3H3,(H,55,58)/t39?,48-,49?,50-,51+,52-,54-/m1/s1. The Morgan fingerprint density at radius 2 is 1.05 bits per heavy atom. The van der Waals surface area contributed by atoms with Gasteiger partial charge < -0.3 is 43.4 Å². The summed E-state index contributed by atoms with van der Waals surface area (Å²) >= 11 is 0. The Morgan fingerprint density at radius 3 is 1.54 bits per heavy atom. The predicted molar refractivity (Wildman–Crippen MR) is 247 cm³/mol. The van der Waals surface area contributed by atoms with Gasteiger partial charge in [0.25, 0.3) is 0 Å². The number of hydrogen-bond acceptors (Lipinski definition) is 9. The van der Waals surface area contributed by atoms with Crippen LogP contribution in [-0.4, -0.2) is 67.4 Å². The lowest BCUT2D eigenvalue weighted by molar-refractivity contribution is -0.336. The van der Waals surface area contributed by atoms with Crippen molar-refractivity contribution >= 4 is 11.8 Å². The Labute approximate surface area is 382 Å². The van der Waals surface area contributed by atoms with Gasteiger partial charge in [-0.15, -0.1) is 0 Å². The molecule has 1 aliphatic heterocycles. The number of benzene rings is 6. The molecule has 1 aliphatic rings. The van der Waals surface area contributed by atoms with Crippen LogP contribution in [-0.2, 0) is 71.0 Å². The van der Waals surface area contributed by atoms with Gasteiger partial charge in [-0.1, -0.05) is 164 Å². The van der Waals surface area contributed by atoms with Crippen LogP contribution < -0.4 is 10.1 Å². The third kappa shape index (κ3) is 13.7. The van der Waals surface area contributed by atoms with Gasteiger partial charge >= 0.3 is 0 Å². The zero-order valence-electron chi connectivity index (χ0n) is 37.1. The third-order valence-electron chi connectivity index (χ3n) is 11.1. The Hall–Kier alpha value is -6.18. The van der Waals surface area contributed by atoms with E-state index in [0.717, 1.165) is 27.8 Å². The summed E-state index contributed by atoms with van der Waals surface area (Å²) in [5, 5.41) is 3.06. The number of nitrogens with one attached hydrogen (secondary N) is 1. The summed E-state index contributed by atoms with van der Waals surface area (Å²) in [5.41, 5.74) is 5.37. The largest absolute Gasteiger partial charge is 0.497 e. The van der Waals surface area contributed by atoms with E-state index in [9.17, 15) is 9.59 Å². The monoisotopic (exact) mass is 878 g/mol. The number of carbonyl (C=O) groups excluding carboxylic acids is 2. The van der Waals surface area contributed by atoms with Crippen LogP contribution in [0.1, 0.15) is 53.3 Å². The molecule has 0 bridgehead atoms. The molecule has 338 valence electrons. The first-order chi connectivity index (χ1) is 31.8. The first kappa shape index (κ1) is 46.8. The summed E-state index contributed by atoms with van der Waals surface area (Å²) < 4.78 is 45.8. The molecule has 6 aromatic rings. The van der Waals surface area contributed by atoms with Gasteiger partial charge in [0.1, 0.15) is 42.4 Å². The number of carbonyl (C=O) groups is 2. The third-order valence-corrected chi connectivity index (χ3v) is 11.1. The average Bonchev–Trinajstić information content (AvgIpc) is 3.34. The molecule has 65 heavy (non-hydrogen) atoms. The van der Waals surface area contributed by atoms with E-state index in [0.29, 0.717) is 17.9 Å². The van der Waals surface area contributed by atoms with Crippen molar-refractivity contribution in [1.29, 1.82) is 0 Å². The van der Waals surface area contributed by atoms with Crippen molar-refractivity contribution < 1.29 is 42.7 Å². The molecule has 6 aromatic carbocycles. The van der Waals surface area contributed by atoms with Crippen LogP contribution in [0.4, 0.5) is 0 Å². The van der Waals surface area contributed by atoms with Crippen LogP contribution >= 0.6 is 0 Å². The molecule has 0 aromatic heterocycles. The lowest BCUT2D eigenvalue weighted by atomic mass is 9.97. The van der Waals surface area contributed by atoms with Crippen molar-refractivity contribution in [2.45, 2.75) is 89.8 Å². The van der Waals surface area contributed by atoms with Crippen molar-refractivity contribution in [3.8, 4) is 5.75 Å². The number of rotatable bonds is 22. The SMILES string of the molecule is COc1ccc(CN(C(C)=O)C(C(=O)NC(C)O[C@@H]2O[C@H](COCc3ccccc3)[C@@H](OCc3ccccc3)[C@H](OCc3ccccc3)[C@H]2OCc2ccccc2)c2ccccc2)cc1. The molecular formula is C54H58N2O9. The quantitative estimate of drug-likeness (QED) is 0.0668. The number of ether oxygens (including phenoxy) is 7. The highest BCUT2D eigenvalue weighted by Crippen LogP contribution is 2.33. The summed E-state index contributed by atoms with van der Waals surface area (Å²) in [5.74, 6) is -0.0236. The van der Waals surface area contributed by atoms with Gasteiger partial charge in [-0.05, 0) is 52.4 Å². The first-order valence-electron chi connectivity index (χ1n) is 22.0. The molecule has 1 saturated heterocycles. The second-order valence-electron chi connectivity index (χ2n) is 15.9. The molecule has 0 saturated carbocycles. The minimum absolute atomic E-state index is 0.139. The Bertz CT molecular complexity index is 2310. The van der Waals surface area contributed by atoms with Gasteiger partial charge in [-0.2, -0.15) is 0 Å². The topological polar surface area (TPSA) is 114 Å². The molecule has 0 radical (unpaired) electrons. The zero-order chi connectivity index (χ0) is 45.2. The molecule has 1 N–H and O–H groups in total. The van der Waals surface area contributed by atoms with E-state index in [-0.39, 0.29) is 38.9 Å². The molecule has 7 atom stereocenters. The van der Waals surface area contributed by atoms with Gasteiger partial charge in [-0.25, -0.2) is 0 Å². The van der Waals surface area contributed by atoms with Crippen LogP contribution in [0.15, 0.2) is 176 Å². The molecule has 0 aliphatic carbocycles. The van der Waals surface area contributed by atoms with Gasteiger partial charge in [0.05, 0.1) is 40.1 Å². The van der Waals surface area contributed by atoms with Crippen molar-refractivity contribution in [3.63, 3.8) is 0 Å². The normalized spacial score (nSPS) is 19.2. The Morgan fingerprint density at radius 1 is 0.585 bits per heavy atom. The fourth-order valence-corrected chi connectivity index (χ4v) is 7.79. The highest BCUT2D eigenvalue weighted by Gasteiger charge is 2.50. The lowest BCUT2D eigenvalue weighted by Crippen LogP contribution is -2.62. The highest BCUT2D eigenvalue weighted by molar-refractivity contribution is 5.88. The molecule has 7 rings (SSSR count). The van der Waals surface area contributed by atoms with Crippen molar-refractivity contribution in [2.24, 2.45) is 0 Å². The lowest BCUT2D eigenvalue weighted by Gasteiger charge is -2.46. The maximum Gasteiger partial charge on any atom is 0.249 e. The first-order valence-corrected chi connectivity index (χ1v) is 22.0. The van der Waals surface area contributed by atoms with Crippen LogP contribution in [0.5, 0.6) is 5.75 Å². The van der Waals surface area contributed by atoms with E-state index in [2.05, 4.69) is 5.32 Å². The molecule has 1 fully saturated rings. The number of amides is 2. The number of methoxy groups -OCH3 is 1. The fourth-order valence-electron chi connectivity index (χ4n) is 7.79. The Kier molecular flexibility index (Phi) is 17.4. The number of hydrogen-bond donors (Lipinski definition) is 1. The minimum atomic E-state index is -1.07. The predicted octanol–water partition coefficient (Wildman–Crippen LogP) is 8.96. The fraction of sp³-hybridized carbons (Fsp3) is 0.296. The van der Waals surface area contributed by atoms with E-state index in [4.69, 9.17) is 33.2 Å². The van der Waals surface area contributed by atoms with Gasteiger partial charge in [0.2, 0.25) is 11.8 Å². The van der Waals surface area contributed by atoms with Crippen molar-refractivity contribution in [2.75, 3.05) is 13.7 Å². The summed E-state index contributed by atoms with van der Waals surface area (Å²) in [4.78, 5) is 29.6. The number of nitrogens with zero attached hydrogens (tertiary/aromatic N) is 1. The maximum atomic E-state index is 14.6. The average molecular weight is 879 g/mol. The minimum Gasteiger partial charge on any atom is -0.497 e. The van der Waals surface area contributed by atoms with Gasteiger partial charge in [0.15, 0.2) is 6.29 Å². The van der Waals surface area contributed by atoms with E-state index >= 15 is 0 Å². The smallest absolute Gasteiger partial charge is 0.249 e. The van der Waals surface area contributed by atoms with Crippen LogP contribution in [0.3, 0.4) is 0 Å². The molecule has 11 nitrogen and oxygen atoms in total. The summed E-state index contributed by atoms with van der Waals surface area (Å²) in [6, 6.07) is 55.3. The zero-order valence-corrected chi connectivity index (χ0v) is 37.1. The molecule has 2 amide bonds. The van der Waals surface area contributed by atoms with Gasteiger partial charge in [0, 0.05) is 13.5 Å². The van der Waals surface area contributed by atoms with Crippen LogP contribution in [0.2, 0.25) is 0 Å². The summed E-state index contributed by atoms with van der Waals surface area (Å²) in [6.45, 7) is 4.61. The molecular weight excluding hydrogens is 821 g/mol. The van der Waals surface area contributed by atoms with E-state index in [1.807, 2.05) is 176 Å². The summed E-state index contributed by atoms with van der Waals surface area (Å²) in [7, 11) is 1.60. The second-order valence-corrected chi connectivity index (χ2v) is 15.9. The molecule has 11 heteroatoms. The molecule has 0 spiro atoms. The van der Waals surface area contributed by atoms with Crippen molar-refractivity contribution in [1.82, 2.24) is 10.2 Å². The van der Waals surface area contributed by atoms with E-state index in [1.54, 1.807) is 18.9 Å². The van der Waals surface area contributed by atoms with Crippen molar-refractivity contribution in [3.05, 3.63) is 209 Å². The van der Waals surface area contributed by atoms with Crippen LogP contribution in [0, 0.1) is 0 Å². The molecule has 1 heterocycles. The summed E-state index contributed by atoms with van der Waals surface area (Å²) in [6.07, 6.45) is -4.96. The molecule has 2 unspecified atom stereocenters. The van der Waals surface area contributed by atoms with E-state index in [1.165, 1.54) is 6.92 Å². The van der Waals surface area contributed by atoms with E-state index < -0.39 is 48.9 Å². The van der Waals surface area contributed by atoms with Crippen LogP contribution in [0.25, 0.3) is 0 Å².